The minimum atomic E-state index is -4.09. The van der Waals surface area contributed by atoms with E-state index in [0.717, 1.165) is 0 Å². The normalized spacial score (nSPS) is 21.1. The lowest BCUT2D eigenvalue weighted by Crippen LogP contribution is -2.38. The first kappa shape index (κ1) is 9.35. The first-order valence-corrected chi connectivity index (χ1v) is 3.80. The maximum absolute atomic E-state index is 12.1. The average molecular weight is 181 g/mol. The van der Waals surface area contributed by atoms with Gasteiger partial charge in [0, 0.05) is 13.1 Å². The van der Waals surface area contributed by atoms with Gasteiger partial charge in [-0.05, 0) is 12.8 Å². The minimum absolute atomic E-state index is 0.0439. The Bertz CT molecular complexity index is 161. The molecule has 70 valence electrons. The van der Waals surface area contributed by atoms with E-state index in [9.17, 15) is 18.0 Å². The van der Waals surface area contributed by atoms with Crippen molar-refractivity contribution in [3.8, 4) is 0 Å². The summed E-state index contributed by atoms with van der Waals surface area (Å²) in [5.41, 5.74) is 0. The summed E-state index contributed by atoms with van der Waals surface area (Å²) in [5.74, 6) is -1.21. The predicted octanol–water partition coefficient (Wildman–Crippen LogP) is 1.42. The lowest BCUT2D eigenvalue weighted by Gasteiger charge is -2.30. The van der Waals surface area contributed by atoms with Gasteiger partial charge in [0.25, 0.3) is 0 Å². The Labute approximate surface area is 68.3 Å². The molecule has 0 bridgehead atoms. The molecule has 12 heavy (non-hydrogen) atoms. The first-order valence-electron chi connectivity index (χ1n) is 3.80. The van der Waals surface area contributed by atoms with Crippen LogP contribution in [-0.2, 0) is 4.79 Å². The van der Waals surface area contributed by atoms with Gasteiger partial charge in [0.15, 0.2) is 0 Å². The smallest absolute Gasteiger partial charge is 0.345 e. The molecule has 0 spiro atoms. The molecule has 5 heteroatoms. The summed E-state index contributed by atoms with van der Waals surface area (Å²) in [7, 11) is 0. The summed E-state index contributed by atoms with van der Waals surface area (Å²) in [6, 6.07) is 0. The largest absolute Gasteiger partial charge is 0.391 e. The molecule has 1 fully saturated rings. The molecule has 0 saturated carbocycles. The van der Waals surface area contributed by atoms with Crippen molar-refractivity contribution in [3.63, 3.8) is 0 Å². The number of amides is 1. The number of carbonyl (C=O) groups is 1. The van der Waals surface area contributed by atoms with E-state index in [2.05, 4.69) is 0 Å². The van der Waals surface area contributed by atoms with Gasteiger partial charge in [-0.1, -0.05) is 0 Å². The third kappa shape index (κ3) is 2.12. The summed E-state index contributed by atoms with van der Waals surface area (Å²) < 4.78 is 36.2. The van der Waals surface area contributed by atoms with Gasteiger partial charge in [0.2, 0.25) is 6.41 Å². The number of rotatable bonds is 1. The van der Waals surface area contributed by atoms with E-state index in [1.54, 1.807) is 0 Å². The number of piperidine rings is 1. The van der Waals surface area contributed by atoms with Crippen LogP contribution in [0.4, 0.5) is 13.2 Å². The number of likely N-dealkylation sites (tertiary alicyclic amines) is 1. The number of halogens is 3. The molecule has 1 amide bonds. The zero-order chi connectivity index (χ0) is 9.19. The van der Waals surface area contributed by atoms with Crippen LogP contribution in [0.15, 0.2) is 0 Å². The molecule has 0 aromatic rings. The van der Waals surface area contributed by atoms with Gasteiger partial charge in [-0.15, -0.1) is 0 Å². The highest BCUT2D eigenvalue weighted by Gasteiger charge is 2.40. The monoisotopic (exact) mass is 181 g/mol. The zero-order valence-electron chi connectivity index (χ0n) is 6.47. The molecular weight excluding hydrogens is 171 g/mol. The molecule has 0 atom stereocenters. The molecule has 1 aliphatic rings. The maximum Gasteiger partial charge on any atom is 0.391 e. The van der Waals surface area contributed by atoms with E-state index in [1.807, 2.05) is 0 Å². The summed E-state index contributed by atoms with van der Waals surface area (Å²) in [6.07, 6.45) is -3.40. The average Bonchev–Trinajstić information content (AvgIpc) is 2.03. The van der Waals surface area contributed by atoms with Gasteiger partial charge in [-0.3, -0.25) is 4.79 Å². The van der Waals surface area contributed by atoms with Crippen LogP contribution in [-0.4, -0.2) is 30.6 Å². The van der Waals surface area contributed by atoms with E-state index < -0.39 is 12.1 Å². The Balaban J connectivity index is 2.41. The van der Waals surface area contributed by atoms with Crippen molar-refractivity contribution in [1.82, 2.24) is 4.90 Å². The van der Waals surface area contributed by atoms with Crippen LogP contribution in [0.1, 0.15) is 12.8 Å². The maximum atomic E-state index is 12.1. The van der Waals surface area contributed by atoms with Crippen LogP contribution >= 0.6 is 0 Å². The SMILES string of the molecule is O=CN1CCC(C(F)(F)F)CC1. The van der Waals surface area contributed by atoms with Crippen LogP contribution in [0.3, 0.4) is 0 Å². The predicted molar refractivity (Wildman–Crippen MR) is 36.4 cm³/mol. The highest BCUT2D eigenvalue weighted by atomic mass is 19.4. The molecule has 0 aromatic carbocycles. The lowest BCUT2D eigenvalue weighted by molar-refractivity contribution is -0.185. The number of carbonyl (C=O) groups excluding carboxylic acids is 1. The molecule has 0 unspecified atom stereocenters. The van der Waals surface area contributed by atoms with Crippen LogP contribution in [0.2, 0.25) is 0 Å². The fourth-order valence-corrected chi connectivity index (χ4v) is 1.33. The molecule has 0 radical (unpaired) electrons. The standard InChI is InChI=1S/C7H10F3NO/c8-7(9,10)6-1-3-11(5-12)4-2-6/h5-6H,1-4H2. The molecule has 0 aliphatic carbocycles. The van der Waals surface area contributed by atoms with Gasteiger partial charge in [0.05, 0.1) is 5.92 Å². The molecule has 1 saturated heterocycles. The Morgan fingerprint density at radius 1 is 1.25 bits per heavy atom. The number of hydrogen-bond acceptors (Lipinski definition) is 1. The molecule has 1 rings (SSSR count). The molecule has 1 heterocycles. The molecule has 0 N–H and O–H groups in total. The number of alkyl halides is 3. The quantitative estimate of drug-likeness (QED) is 0.560. The van der Waals surface area contributed by atoms with Crippen LogP contribution < -0.4 is 0 Å². The third-order valence-electron chi connectivity index (χ3n) is 2.14. The van der Waals surface area contributed by atoms with Gasteiger partial charge in [-0.2, -0.15) is 13.2 Å². The van der Waals surface area contributed by atoms with Crippen LogP contribution in [0.5, 0.6) is 0 Å². The second-order valence-electron chi connectivity index (χ2n) is 2.96. The molecule has 2 nitrogen and oxygen atoms in total. The number of nitrogens with zero attached hydrogens (tertiary/aromatic N) is 1. The van der Waals surface area contributed by atoms with Gasteiger partial charge < -0.3 is 4.90 Å². The van der Waals surface area contributed by atoms with Crippen molar-refractivity contribution in [2.24, 2.45) is 5.92 Å². The van der Waals surface area contributed by atoms with Gasteiger partial charge in [0.1, 0.15) is 0 Å². The van der Waals surface area contributed by atoms with Crippen LogP contribution in [0.25, 0.3) is 0 Å². The van der Waals surface area contributed by atoms with Crippen molar-refractivity contribution < 1.29 is 18.0 Å². The second kappa shape index (κ2) is 3.33. The van der Waals surface area contributed by atoms with Crippen molar-refractivity contribution in [2.75, 3.05) is 13.1 Å². The summed E-state index contributed by atoms with van der Waals surface area (Å²) in [5, 5.41) is 0. The van der Waals surface area contributed by atoms with E-state index in [0.29, 0.717) is 6.41 Å². The fourth-order valence-electron chi connectivity index (χ4n) is 1.33. The van der Waals surface area contributed by atoms with Gasteiger partial charge >= 0.3 is 6.18 Å². The topological polar surface area (TPSA) is 20.3 Å². The van der Waals surface area contributed by atoms with Crippen molar-refractivity contribution in [3.05, 3.63) is 0 Å². The summed E-state index contributed by atoms with van der Waals surface area (Å²) in [6.45, 7) is 0.460. The Morgan fingerprint density at radius 3 is 2.08 bits per heavy atom. The molecule has 0 aromatic heterocycles. The zero-order valence-corrected chi connectivity index (χ0v) is 6.47. The minimum Gasteiger partial charge on any atom is -0.345 e. The molecule has 1 aliphatic heterocycles. The second-order valence-corrected chi connectivity index (χ2v) is 2.96. The van der Waals surface area contributed by atoms with E-state index in [-0.39, 0.29) is 25.9 Å². The Kier molecular flexibility index (Phi) is 2.59. The summed E-state index contributed by atoms with van der Waals surface area (Å²) >= 11 is 0. The third-order valence-corrected chi connectivity index (χ3v) is 2.14. The van der Waals surface area contributed by atoms with Crippen molar-refractivity contribution in [1.29, 1.82) is 0 Å². The highest BCUT2D eigenvalue weighted by molar-refractivity contribution is 5.47. The fraction of sp³-hybridized carbons (Fsp3) is 0.857. The Hall–Kier alpha value is -0.740. The van der Waals surface area contributed by atoms with Crippen LogP contribution in [0, 0.1) is 5.92 Å². The lowest BCUT2D eigenvalue weighted by atomic mass is 9.97. The highest BCUT2D eigenvalue weighted by Crippen LogP contribution is 2.33. The van der Waals surface area contributed by atoms with Crippen molar-refractivity contribution >= 4 is 6.41 Å². The first-order chi connectivity index (χ1) is 5.54. The Morgan fingerprint density at radius 2 is 1.75 bits per heavy atom. The molecular formula is C7H10F3NO. The van der Waals surface area contributed by atoms with E-state index in [4.69, 9.17) is 0 Å². The number of hydrogen-bond donors (Lipinski definition) is 0. The van der Waals surface area contributed by atoms with E-state index in [1.165, 1.54) is 4.90 Å². The van der Waals surface area contributed by atoms with Crippen molar-refractivity contribution in [2.45, 2.75) is 19.0 Å². The summed E-state index contributed by atoms with van der Waals surface area (Å²) in [4.78, 5) is 11.5. The van der Waals surface area contributed by atoms with E-state index >= 15 is 0 Å². The van der Waals surface area contributed by atoms with Gasteiger partial charge in [-0.25, -0.2) is 0 Å².